The van der Waals surface area contributed by atoms with E-state index in [1.807, 2.05) is 42.5 Å². The quantitative estimate of drug-likeness (QED) is 0.226. The lowest BCUT2D eigenvalue weighted by Gasteiger charge is -2.14. The van der Waals surface area contributed by atoms with Gasteiger partial charge in [0, 0.05) is 23.9 Å². The van der Waals surface area contributed by atoms with Crippen LogP contribution in [0.3, 0.4) is 0 Å². The third kappa shape index (κ3) is 3.66. The summed E-state index contributed by atoms with van der Waals surface area (Å²) in [5, 5.41) is 12.4. The number of hydrogen-bond acceptors (Lipinski definition) is 5. The van der Waals surface area contributed by atoms with Gasteiger partial charge in [0.25, 0.3) is 5.56 Å². The van der Waals surface area contributed by atoms with Crippen LogP contribution in [0.25, 0.3) is 22.0 Å². The topological polar surface area (TPSA) is 106 Å². The summed E-state index contributed by atoms with van der Waals surface area (Å²) in [4.78, 5) is 22.5. The van der Waals surface area contributed by atoms with E-state index >= 15 is 0 Å². The van der Waals surface area contributed by atoms with Gasteiger partial charge in [-0.05, 0) is 47.7 Å². The van der Waals surface area contributed by atoms with Gasteiger partial charge in [0.1, 0.15) is 5.82 Å². The number of nitrogens with zero attached hydrogens (tertiary/aromatic N) is 4. The van der Waals surface area contributed by atoms with Crippen LogP contribution in [0.4, 0.5) is 0 Å². The Morgan fingerprint density at radius 1 is 1.13 bits per heavy atom. The maximum Gasteiger partial charge on any atom is 0.261 e. The molecule has 1 aliphatic carbocycles. The minimum Gasteiger partial charge on any atom is -0.409 e. The number of pyridine rings is 1. The van der Waals surface area contributed by atoms with Gasteiger partial charge in [-0.2, -0.15) is 0 Å². The fraction of sp³-hybridized carbons (Fsp3) is 0.167. The molecule has 7 nitrogen and oxygen atoms in total. The number of fused-ring (bicyclic) bond motifs is 1. The molecule has 3 N–H and O–H groups in total. The van der Waals surface area contributed by atoms with Crippen molar-refractivity contribution in [2.45, 2.75) is 25.3 Å². The summed E-state index contributed by atoms with van der Waals surface area (Å²) in [5.41, 5.74) is 9.76. The van der Waals surface area contributed by atoms with Gasteiger partial charge in [0.05, 0.1) is 17.4 Å². The van der Waals surface area contributed by atoms with Gasteiger partial charge in [-0.1, -0.05) is 41.6 Å². The van der Waals surface area contributed by atoms with Gasteiger partial charge in [-0.15, -0.1) is 0 Å². The molecule has 0 spiro atoms. The highest BCUT2D eigenvalue weighted by molar-refractivity contribution is 5.97. The monoisotopic (exact) mass is 411 g/mol. The van der Waals surface area contributed by atoms with Crippen molar-refractivity contribution in [2.24, 2.45) is 10.9 Å². The summed E-state index contributed by atoms with van der Waals surface area (Å²) in [5.74, 6) is 1.26. The largest absolute Gasteiger partial charge is 0.409 e. The molecule has 4 aromatic rings. The predicted octanol–water partition coefficient (Wildman–Crippen LogP) is 3.48. The Labute approximate surface area is 178 Å². The van der Waals surface area contributed by atoms with Crippen molar-refractivity contribution in [3.8, 4) is 11.1 Å². The molecule has 2 aromatic carbocycles. The van der Waals surface area contributed by atoms with Crippen LogP contribution in [0.1, 0.15) is 35.7 Å². The Kier molecular flexibility index (Phi) is 4.71. The highest BCUT2D eigenvalue weighted by atomic mass is 16.4. The van der Waals surface area contributed by atoms with Crippen LogP contribution < -0.4 is 11.3 Å². The summed E-state index contributed by atoms with van der Waals surface area (Å²) in [6.45, 7) is 0.458. The van der Waals surface area contributed by atoms with Gasteiger partial charge in [0.2, 0.25) is 0 Å². The lowest BCUT2D eigenvalue weighted by molar-refractivity contribution is 0.318. The molecule has 0 bridgehead atoms. The number of oxime groups is 1. The first kappa shape index (κ1) is 19.0. The Bertz CT molecular complexity index is 1340. The lowest BCUT2D eigenvalue weighted by atomic mass is 10.0. The van der Waals surface area contributed by atoms with Crippen LogP contribution in [-0.2, 0) is 6.54 Å². The fourth-order valence-corrected chi connectivity index (χ4v) is 3.79. The number of aromatic nitrogens is 3. The van der Waals surface area contributed by atoms with Crippen molar-refractivity contribution in [3.63, 3.8) is 0 Å². The minimum absolute atomic E-state index is 0.0362. The first-order chi connectivity index (χ1) is 15.1. The molecular formula is C24H21N5O2. The van der Waals surface area contributed by atoms with Crippen LogP contribution in [0.5, 0.6) is 0 Å². The van der Waals surface area contributed by atoms with E-state index in [1.54, 1.807) is 29.1 Å². The van der Waals surface area contributed by atoms with E-state index < -0.39 is 0 Å². The Balaban J connectivity index is 1.60. The SMILES string of the molecule is N/C(=N/O)c1ccc(-c2ccc3nc(C4CC4)n(Cc4cccnc4)c(=O)c3c2)cc1. The fourth-order valence-electron chi connectivity index (χ4n) is 3.79. The predicted molar refractivity (Wildman–Crippen MR) is 119 cm³/mol. The smallest absolute Gasteiger partial charge is 0.261 e. The molecule has 1 fully saturated rings. The average Bonchev–Trinajstić information content (AvgIpc) is 3.66. The normalized spacial score (nSPS) is 14.1. The molecular weight excluding hydrogens is 390 g/mol. The Hall–Kier alpha value is -4.00. The van der Waals surface area contributed by atoms with Gasteiger partial charge < -0.3 is 10.9 Å². The molecule has 0 amide bonds. The van der Waals surface area contributed by atoms with Crippen molar-refractivity contribution in [1.29, 1.82) is 0 Å². The summed E-state index contributed by atoms with van der Waals surface area (Å²) in [6, 6.07) is 16.9. The molecule has 1 aliphatic rings. The van der Waals surface area contributed by atoms with E-state index in [4.69, 9.17) is 15.9 Å². The molecule has 0 saturated heterocycles. The first-order valence-corrected chi connectivity index (χ1v) is 10.2. The van der Waals surface area contributed by atoms with Crippen molar-refractivity contribution >= 4 is 16.7 Å². The molecule has 0 unspecified atom stereocenters. The van der Waals surface area contributed by atoms with Crippen LogP contribution in [0.2, 0.25) is 0 Å². The molecule has 1 saturated carbocycles. The van der Waals surface area contributed by atoms with Gasteiger partial charge in [-0.3, -0.25) is 14.3 Å². The molecule has 31 heavy (non-hydrogen) atoms. The average molecular weight is 411 g/mol. The van der Waals surface area contributed by atoms with Crippen LogP contribution in [0.15, 0.2) is 76.9 Å². The second kappa shape index (κ2) is 7.68. The first-order valence-electron chi connectivity index (χ1n) is 10.2. The molecule has 0 aliphatic heterocycles. The Morgan fingerprint density at radius 2 is 1.90 bits per heavy atom. The summed E-state index contributed by atoms with van der Waals surface area (Å²) >= 11 is 0. The van der Waals surface area contributed by atoms with Crippen LogP contribution in [0, 0.1) is 0 Å². The van der Waals surface area contributed by atoms with E-state index in [1.165, 1.54) is 0 Å². The zero-order valence-corrected chi connectivity index (χ0v) is 16.8. The van der Waals surface area contributed by atoms with E-state index in [9.17, 15) is 4.79 Å². The number of rotatable bonds is 5. The van der Waals surface area contributed by atoms with Gasteiger partial charge in [0.15, 0.2) is 5.84 Å². The highest BCUT2D eigenvalue weighted by Crippen LogP contribution is 2.39. The number of benzene rings is 2. The zero-order chi connectivity index (χ0) is 21.4. The van der Waals surface area contributed by atoms with E-state index in [-0.39, 0.29) is 11.4 Å². The lowest BCUT2D eigenvalue weighted by Crippen LogP contribution is -2.25. The van der Waals surface area contributed by atoms with Crippen LogP contribution in [-0.4, -0.2) is 25.6 Å². The molecule has 7 heteroatoms. The third-order valence-electron chi connectivity index (χ3n) is 5.61. The number of amidine groups is 1. The number of hydrogen-bond donors (Lipinski definition) is 2. The zero-order valence-electron chi connectivity index (χ0n) is 16.8. The van der Waals surface area contributed by atoms with Crippen molar-refractivity contribution in [1.82, 2.24) is 14.5 Å². The maximum atomic E-state index is 13.5. The summed E-state index contributed by atoms with van der Waals surface area (Å²) in [6.07, 6.45) is 5.64. The van der Waals surface area contributed by atoms with Gasteiger partial charge >= 0.3 is 0 Å². The van der Waals surface area contributed by atoms with E-state index in [0.29, 0.717) is 28.9 Å². The van der Waals surface area contributed by atoms with Gasteiger partial charge in [-0.25, -0.2) is 4.98 Å². The van der Waals surface area contributed by atoms with Crippen LogP contribution >= 0.6 is 0 Å². The Morgan fingerprint density at radius 3 is 2.58 bits per heavy atom. The molecule has 0 atom stereocenters. The maximum absolute atomic E-state index is 13.5. The van der Waals surface area contributed by atoms with E-state index in [0.717, 1.165) is 35.4 Å². The second-order valence-corrected chi connectivity index (χ2v) is 7.79. The van der Waals surface area contributed by atoms with Crippen molar-refractivity contribution < 1.29 is 5.21 Å². The molecule has 2 aromatic heterocycles. The summed E-state index contributed by atoms with van der Waals surface area (Å²) < 4.78 is 1.79. The summed E-state index contributed by atoms with van der Waals surface area (Å²) in [7, 11) is 0. The minimum atomic E-state index is -0.0362. The second-order valence-electron chi connectivity index (χ2n) is 7.79. The van der Waals surface area contributed by atoms with Crippen molar-refractivity contribution in [3.05, 3.63) is 94.3 Å². The standard InChI is InChI=1S/C24H21N5O2/c25-22(28-31)17-5-3-16(4-6-17)19-9-10-21-20(12-19)24(30)29(23(27-21)18-7-8-18)14-15-2-1-11-26-13-15/h1-6,9-13,18,31H,7-8,14H2,(H2,25,28). The molecule has 5 rings (SSSR count). The van der Waals surface area contributed by atoms with E-state index in [2.05, 4.69) is 10.1 Å². The molecule has 0 radical (unpaired) electrons. The van der Waals surface area contributed by atoms with Crippen molar-refractivity contribution in [2.75, 3.05) is 0 Å². The molecule has 154 valence electrons. The molecule has 2 heterocycles. The number of nitrogens with two attached hydrogens (primary N) is 1. The highest BCUT2D eigenvalue weighted by Gasteiger charge is 2.29. The third-order valence-corrected chi connectivity index (χ3v) is 5.61.